The molecule has 202 valence electrons. The Morgan fingerprint density at radius 2 is 1.31 bits per heavy atom. The summed E-state index contributed by atoms with van der Waals surface area (Å²) in [5, 5.41) is 3.07. The van der Waals surface area contributed by atoms with Gasteiger partial charge in [0, 0.05) is 15.7 Å². The number of amides is 1. The van der Waals surface area contributed by atoms with Crippen LogP contribution in [0.15, 0.2) is 107 Å². The van der Waals surface area contributed by atoms with E-state index in [2.05, 4.69) is 10.0 Å². The fourth-order valence-corrected chi connectivity index (χ4v) is 6.51. The molecule has 39 heavy (non-hydrogen) atoms. The summed E-state index contributed by atoms with van der Waals surface area (Å²) in [6.07, 6.45) is 0. The van der Waals surface area contributed by atoms with Crippen LogP contribution in [0.4, 0.5) is 21.5 Å². The van der Waals surface area contributed by atoms with Gasteiger partial charge in [-0.05, 0) is 78.9 Å². The molecule has 0 saturated heterocycles. The molecule has 0 aliphatic carbocycles. The van der Waals surface area contributed by atoms with Gasteiger partial charge in [0.2, 0.25) is 5.91 Å². The smallest absolute Gasteiger partial charge is 0.264 e. The van der Waals surface area contributed by atoms with E-state index in [4.69, 9.17) is 23.2 Å². The number of carbonyl (C=O) groups excluding carboxylic acids is 1. The van der Waals surface area contributed by atoms with Crippen molar-refractivity contribution in [1.82, 2.24) is 0 Å². The maximum atomic E-state index is 13.4. The number of benzene rings is 4. The van der Waals surface area contributed by atoms with Gasteiger partial charge >= 0.3 is 0 Å². The van der Waals surface area contributed by atoms with E-state index in [1.165, 1.54) is 54.6 Å². The summed E-state index contributed by atoms with van der Waals surface area (Å²) in [7, 11) is -8.22. The third-order valence-electron chi connectivity index (χ3n) is 5.30. The second kappa shape index (κ2) is 11.6. The highest BCUT2D eigenvalue weighted by molar-refractivity contribution is 7.93. The van der Waals surface area contributed by atoms with Crippen LogP contribution in [-0.2, 0) is 24.8 Å². The predicted molar refractivity (Wildman–Crippen MR) is 150 cm³/mol. The normalized spacial score (nSPS) is 11.6. The Morgan fingerprint density at radius 3 is 1.90 bits per heavy atom. The first-order chi connectivity index (χ1) is 18.4. The van der Waals surface area contributed by atoms with E-state index in [0.717, 1.165) is 28.6 Å². The number of nitrogens with zero attached hydrogens (tertiary/aromatic N) is 1. The van der Waals surface area contributed by atoms with E-state index < -0.39 is 38.3 Å². The molecular weight excluding hydrogens is 588 g/mol. The van der Waals surface area contributed by atoms with E-state index in [-0.39, 0.29) is 36.9 Å². The largest absolute Gasteiger partial charge is 0.325 e. The molecule has 0 saturated carbocycles. The Kier molecular flexibility index (Phi) is 8.45. The second-order valence-electron chi connectivity index (χ2n) is 8.14. The van der Waals surface area contributed by atoms with Crippen LogP contribution in [0.1, 0.15) is 0 Å². The number of para-hydroxylation sites is 1. The van der Waals surface area contributed by atoms with Gasteiger partial charge in [-0.25, -0.2) is 21.2 Å². The Labute approximate surface area is 235 Å². The molecular formula is C26H20Cl2FN3O5S2. The van der Waals surface area contributed by atoms with Crippen molar-refractivity contribution >= 4 is 66.2 Å². The first-order valence-corrected chi connectivity index (χ1v) is 14.8. The number of nitrogens with one attached hydrogen (secondary N) is 2. The van der Waals surface area contributed by atoms with Crippen molar-refractivity contribution in [3.05, 3.63) is 113 Å². The molecule has 4 rings (SSSR count). The highest BCUT2D eigenvalue weighted by atomic mass is 35.5. The van der Waals surface area contributed by atoms with E-state index in [1.54, 1.807) is 18.2 Å². The number of carbonyl (C=O) groups is 1. The summed E-state index contributed by atoms with van der Waals surface area (Å²) in [4.78, 5) is 12.6. The van der Waals surface area contributed by atoms with Crippen molar-refractivity contribution in [3.63, 3.8) is 0 Å². The number of sulfonamides is 2. The summed E-state index contributed by atoms with van der Waals surface area (Å²) >= 11 is 11.8. The van der Waals surface area contributed by atoms with Crippen molar-refractivity contribution in [2.45, 2.75) is 9.79 Å². The van der Waals surface area contributed by atoms with Gasteiger partial charge in [0.1, 0.15) is 12.4 Å². The molecule has 0 radical (unpaired) electrons. The molecule has 4 aromatic carbocycles. The average molecular weight is 609 g/mol. The quantitative estimate of drug-likeness (QED) is 0.251. The van der Waals surface area contributed by atoms with Crippen LogP contribution in [0.3, 0.4) is 0 Å². The summed E-state index contributed by atoms with van der Waals surface area (Å²) in [5.74, 6) is -1.29. The molecule has 0 fully saturated rings. The van der Waals surface area contributed by atoms with E-state index in [1.807, 2.05) is 0 Å². The maximum absolute atomic E-state index is 13.4. The topological polar surface area (TPSA) is 113 Å². The van der Waals surface area contributed by atoms with E-state index in [9.17, 15) is 26.0 Å². The van der Waals surface area contributed by atoms with Crippen molar-refractivity contribution in [1.29, 1.82) is 0 Å². The molecule has 0 aromatic heterocycles. The Bertz CT molecular complexity index is 1680. The van der Waals surface area contributed by atoms with Gasteiger partial charge in [-0.2, -0.15) is 0 Å². The molecule has 13 heteroatoms. The second-order valence-corrected chi connectivity index (χ2v) is 12.6. The van der Waals surface area contributed by atoms with Crippen molar-refractivity contribution in [2.75, 3.05) is 20.9 Å². The summed E-state index contributed by atoms with van der Waals surface area (Å²) < 4.78 is 68.8. The van der Waals surface area contributed by atoms with Crippen LogP contribution in [0.2, 0.25) is 10.0 Å². The summed E-state index contributed by atoms with van der Waals surface area (Å²) in [6, 6.07) is 21.8. The highest BCUT2D eigenvalue weighted by Gasteiger charge is 2.27. The van der Waals surface area contributed by atoms with E-state index >= 15 is 0 Å². The fraction of sp³-hybridized carbons (Fsp3) is 0.0385. The summed E-state index contributed by atoms with van der Waals surface area (Å²) in [6.45, 7) is -0.596. The number of hydrogen-bond acceptors (Lipinski definition) is 5. The lowest BCUT2D eigenvalue weighted by Gasteiger charge is -2.24. The fourth-order valence-electron chi connectivity index (χ4n) is 3.52. The highest BCUT2D eigenvalue weighted by Crippen LogP contribution is 2.26. The molecule has 0 unspecified atom stereocenters. The lowest BCUT2D eigenvalue weighted by molar-refractivity contribution is -0.114. The lowest BCUT2D eigenvalue weighted by atomic mass is 10.3. The molecule has 4 aromatic rings. The Balaban J connectivity index is 1.51. The van der Waals surface area contributed by atoms with Crippen molar-refractivity contribution < 1.29 is 26.0 Å². The number of rotatable bonds is 9. The van der Waals surface area contributed by atoms with Crippen LogP contribution in [0.5, 0.6) is 0 Å². The number of hydrogen-bond donors (Lipinski definition) is 2. The first kappa shape index (κ1) is 28.4. The molecule has 1 amide bonds. The standard InChI is InChI=1S/C26H20Cl2FN3O5S2/c27-18-14-19(28)16-22(15-18)31-38(34,35)24-12-8-21(9-13-24)30-26(33)17-32(23-4-2-1-3-5-23)39(36,37)25-10-6-20(29)7-11-25/h1-16,31H,17H2,(H,30,33). The Morgan fingerprint density at radius 1 is 0.744 bits per heavy atom. The average Bonchev–Trinajstić information content (AvgIpc) is 2.87. The molecule has 8 nitrogen and oxygen atoms in total. The SMILES string of the molecule is O=C(CN(c1ccccc1)S(=O)(=O)c1ccc(F)cc1)Nc1ccc(S(=O)(=O)Nc2cc(Cl)cc(Cl)c2)cc1. The minimum absolute atomic E-state index is 0.0959. The maximum Gasteiger partial charge on any atom is 0.264 e. The van der Waals surface area contributed by atoms with Crippen LogP contribution < -0.4 is 14.3 Å². The third kappa shape index (κ3) is 7.07. The minimum Gasteiger partial charge on any atom is -0.325 e. The first-order valence-electron chi connectivity index (χ1n) is 11.2. The number of anilines is 3. The van der Waals surface area contributed by atoms with Gasteiger partial charge < -0.3 is 5.32 Å². The molecule has 0 aliphatic rings. The van der Waals surface area contributed by atoms with Crippen molar-refractivity contribution in [3.8, 4) is 0 Å². The van der Waals surface area contributed by atoms with Gasteiger partial charge in [0.15, 0.2) is 0 Å². The van der Waals surface area contributed by atoms with Crippen molar-refractivity contribution in [2.24, 2.45) is 0 Å². The van der Waals surface area contributed by atoms with Gasteiger partial charge in [-0.1, -0.05) is 41.4 Å². The molecule has 0 heterocycles. The van der Waals surface area contributed by atoms with Crippen LogP contribution in [0.25, 0.3) is 0 Å². The van der Waals surface area contributed by atoms with Crippen LogP contribution in [0, 0.1) is 5.82 Å². The van der Waals surface area contributed by atoms with Gasteiger partial charge in [-0.15, -0.1) is 0 Å². The zero-order valence-corrected chi connectivity index (χ0v) is 23.0. The zero-order valence-electron chi connectivity index (χ0n) is 19.9. The van der Waals surface area contributed by atoms with Crippen LogP contribution in [-0.4, -0.2) is 29.3 Å². The number of halogens is 3. The molecule has 0 aliphatic heterocycles. The lowest BCUT2D eigenvalue weighted by Crippen LogP contribution is -2.38. The van der Waals surface area contributed by atoms with Crippen LogP contribution >= 0.6 is 23.2 Å². The zero-order chi connectivity index (χ0) is 28.2. The molecule has 2 N–H and O–H groups in total. The predicted octanol–water partition coefficient (Wildman–Crippen LogP) is 5.77. The summed E-state index contributed by atoms with van der Waals surface area (Å²) in [5.41, 5.74) is 0.635. The molecule has 0 atom stereocenters. The molecule has 0 bridgehead atoms. The monoisotopic (exact) mass is 607 g/mol. The minimum atomic E-state index is -4.22. The van der Waals surface area contributed by atoms with E-state index in [0.29, 0.717) is 0 Å². The van der Waals surface area contributed by atoms with Gasteiger partial charge in [0.25, 0.3) is 20.0 Å². The molecule has 0 spiro atoms. The van der Waals surface area contributed by atoms with Gasteiger partial charge in [0.05, 0.1) is 21.2 Å². The third-order valence-corrected chi connectivity index (χ3v) is 8.92. The Hall–Kier alpha value is -3.64. The van der Waals surface area contributed by atoms with Gasteiger partial charge in [-0.3, -0.25) is 13.8 Å².